The zero-order chi connectivity index (χ0) is 12.4. The van der Waals surface area contributed by atoms with Crippen LogP contribution in [0.2, 0.25) is 0 Å². The van der Waals surface area contributed by atoms with Crippen LogP contribution in [-0.2, 0) is 0 Å². The summed E-state index contributed by atoms with van der Waals surface area (Å²) in [6.45, 7) is 3.11. The van der Waals surface area contributed by atoms with Crippen molar-refractivity contribution in [1.82, 2.24) is 0 Å². The minimum absolute atomic E-state index is 0.348. The van der Waals surface area contributed by atoms with E-state index in [-0.39, 0.29) is 0 Å². The molecule has 2 heteroatoms. The highest BCUT2D eigenvalue weighted by Crippen LogP contribution is 2.23. The summed E-state index contributed by atoms with van der Waals surface area (Å²) in [6.07, 6.45) is 0. The van der Waals surface area contributed by atoms with Gasteiger partial charge < -0.3 is 4.90 Å². The highest BCUT2D eigenvalue weighted by Gasteiger charge is 2.24. The van der Waals surface area contributed by atoms with Gasteiger partial charge in [0.15, 0.2) is 0 Å². The van der Waals surface area contributed by atoms with Crippen LogP contribution in [0, 0.1) is 0 Å². The van der Waals surface area contributed by atoms with E-state index in [1.165, 1.54) is 11.3 Å². The maximum absolute atomic E-state index is 4.76. The second-order valence-corrected chi connectivity index (χ2v) is 4.61. The molecule has 1 aliphatic rings. The molecule has 18 heavy (non-hydrogen) atoms. The molecule has 2 nitrogen and oxygen atoms in total. The molecule has 1 atom stereocenters. The average molecular weight is 236 g/mol. The van der Waals surface area contributed by atoms with Crippen molar-refractivity contribution in [3.8, 4) is 0 Å². The zero-order valence-corrected chi connectivity index (χ0v) is 10.5. The van der Waals surface area contributed by atoms with Crippen molar-refractivity contribution in [2.24, 2.45) is 4.99 Å². The van der Waals surface area contributed by atoms with E-state index >= 15 is 0 Å². The fourth-order valence-electron chi connectivity index (χ4n) is 2.32. The van der Waals surface area contributed by atoms with E-state index in [0.29, 0.717) is 6.04 Å². The van der Waals surface area contributed by atoms with Crippen LogP contribution in [0.3, 0.4) is 0 Å². The first-order valence-electron chi connectivity index (χ1n) is 6.30. The van der Waals surface area contributed by atoms with Crippen LogP contribution in [0.25, 0.3) is 0 Å². The zero-order valence-electron chi connectivity index (χ0n) is 10.5. The quantitative estimate of drug-likeness (QED) is 0.780. The third kappa shape index (κ3) is 2.02. The molecule has 0 N–H and O–H groups in total. The lowest BCUT2D eigenvalue weighted by Gasteiger charge is -2.20. The molecule has 1 aliphatic heterocycles. The number of aliphatic imine (C=N–C) groups is 1. The largest absolute Gasteiger partial charge is 0.324 e. The van der Waals surface area contributed by atoms with Crippen molar-refractivity contribution in [3.63, 3.8) is 0 Å². The van der Waals surface area contributed by atoms with E-state index in [2.05, 4.69) is 60.4 Å². The number of hydrogen-bond acceptors (Lipinski definition) is 2. The van der Waals surface area contributed by atoms with Crippen molar-refractivity contribution >= 4 is 11.5 Å². The Labute approximate surface area is 108 Å². The first-order chi connectivity index (χ1) is 8.84. The molecule has 0 aromatic heterocycles. The summed E-state index contributed by atoms with van der Waals surface area (Å²) in [5.74, 6) is 1.08. The molecule has 90 valence electrons. The molecule has 0 spiro atoms. The fraction of sp³-hybridized carbons (Fsp3) is 0.188. The van der Waals surface area contributed by atoms with Crippen LogP contribution in [-0.4, -0.2) is 18.4 Å². The lowest BCUT2D eigenvalue weighted by atomic mass is 10.2. The topological polar surface area (TPSA) is 15.6 Å². The van der Waals surface area contributed by atoms with E-state index in [9.17, 15) is 0 Å². The second-order valence-electron chi connectivity index (χ2n) is 4.61. The first kappa shape index (κ1) is 11.0. The van der Waals surface area contributed by atoms with Gasteiger partial charge in [0, 0.05) is 17.8 Å². The lowest BCUT2D eigenvalue weighted by Crippen LogP contribution is -2.29. The van der Waals surface area contributed by atoms with E-state index in [0.717, 1.165) is 12.4 Å². The Balaban J connectivity index is 1.99. The Morgan fingerprint density at radius 2 is 1.56 bits per heavy atom. The van der Waals surface area contributed by atoms with Crippen LogP contribution in [0.1, 0.15) is 12.5 Å². The van der Waals surface area contributed by atoms with Gasteiger partial charge in [-0.25, -0.2) is 0 Å². The van der Waals surface area contributed by atoms with Gasteiger partial charge in [-0.2, -0.15) is 0 Å². The minimum atomic E-state index is 0.348. The maximum Gasteiger partial charge on any atom is 0.135 e. The van der Waals surface area contributed by atoms with Gasteiger partial charge in [0.1, 0.15) is 5.84 Å². The monoisotopic (exact) mass is 236 g/mol. The molecule has 0 fully saturated rings. The molecule has 0 radical (unpaired) electrons. The van der Waals surface area contributed by atoms with Crippen molar-refractivity contribution < 1.29 is 0 Å². The highest BCUT2D eigenvalue weighted by atomic mass is 15.3. The Morgan fingerprint density at radius 3 is 2.22 bits per heavy atom. The Bertz CT molecular complexity index is 546. The number of rotatable bonds is 2. The van der Waals surface area contributed by atoms with Gasteiger partial charge in [-0.1, -0.05) is 48.5 Å². The molecule has 0 saturated carbocycles. The summed E-state index contributed by atoms with van der Waals surface area (Å²) < 4.78 is 0. The van der Waals surface area contributed by atoms with Gasteiger partial charge in [-0.3, -0.25) is 4.99 Å². The van der Waals surface area contributed by atoms with Gasteiger partial charge >= 0.3 is 0 Å². The fourth-order valence-corrected chi connectivity index (χ4v) is 2.32. The van der Waals surface area contributed by atoms with Gasteiger partial charge in [-0.05, 0) is 19.1 Å². The standard InChI is InChI=1S/C16H16N2/c1-13-12-18(15-10-6-3-7-11-15)16(17-13)14-8-4-2-5-9-14/h2-11,13H,12H2,1H3. The molecule has 1 heterocycles. The van der Waals surface area contributed by atoms with Crippen LogP contribution in [0.5, 0.6) is 0 Å². The molecule has 2 aromatic carbocycles. The third-order valence-electron chi connectivity index (χ3n) is 3.14. The van der Waals surface area contributed by atoms with E-state index in [1.807, 2.05) is 12.1 Å². The average Bonchev–Trinajstić information content (AvgIpc) is 2.83. The predicted octanol–water partition coefficient (Wildman–Crippen LogP) is 3.34. The van der Waals surface area contributed by atoms with Gasteiger partial charge in [-0.15, -0.1) is 0 Å². The summed E-state index contributed by atoms with van der Waals surface area (Å²) in [5.41, 5.74) is 2.40. The lowest BCUT2D eigenvalue weighted by molar-refractivity contribution is 0.795. The van der Waals surface area contributed by atoms with Crippen molar-refractivity contribution in [2.45, 2.75) is 13.0 Å². The summed E-state index contributed by atoms with van der Waals surface area (Å²) in [6, 6.07) is 21.2. The Kier molecular flexibility index (Phi) is 2.85. The number of para-hydroxylation sites is 1. The number of hydrogen-bond donors (Lipinski definition) is 0. The van der Waals surface area contributed by atoms with Crippen molar-refractivity contribution in [3.05, 3.63) is 66.2 Å². The molecule has 1 unspecified atom stereocenters. The number of amidine groups is 1. The van der Waals surface area contributed by atoms with E-state index in [1.54, 1.807) is 0 Å². The summed E-state index contributed by atoms with van der Waals surface area (Å²) in [7, 11) is 0. The van der Waals surface area contributed by atoms with E-state index in [4.69, 9.17) is 4.99 Å². The molecule has 0 saturated heterocycles. The van der Waals surface area contributed by atoms with Gasteiger partial charge in [0.05, 0.1) is 6.04 Å². The molecular formula is C16H16N2. The molecule has 3 rings (SSSR count). The van der Waals surface area contributed by atoms with Gasteiger partial charge in [0.2, 0.25) is 0 Å². The highest BCUT2D eigenvalue weighted by molar-refractivity contribution is 6.11. The summed E-state index contributed by atoms with van der Waals surface area (Å²) in [4.78, 5) is 7.05. The number of nitrogens with zero attached hydrogens (tertiary/aromatic N) is 2. The van der Waals surface area contributed by atoms with Crippen LogP contribution >= 0.6 is 0 Å². The number of benzene rings is 2. The van der Waals surface area contributed by atoms with Gasteiger partial charge in [0.25, 0.3) is 0 Å². The second kappa shape index (κ2) is 4.65. The Morgan fingerprint density at radius 1 is 0.944 bits per heavy atom. The normalized spacial score (nSPS) is 18.8. The summed E-state index contributed by atoms with van der Waals surface area (Å²) >= 11 is 0. The molecular weight excluding hydrogens is 220 g/mol. The van der Waals surface area contributed by atoms with Crippen LogP contribution < -0.4 is 4.90 Å². The molecule has 0 bridgehead atoms. The Hall–Kier alpha value is -2.09. The predicted molar refractivity (Wildman–Crippen MR) is 76.2 cm³/mol. The van der Waals surface area contributed by atoms with E-state index < -0.39 is 0 Å². The van der Waals surface area contributed by atoms with Crippen LogP contribution in [0.4, 0.5) is 5.69 Å². The summed E-state index contributed by atoms with van der Waals surface area (Å²) in [5, 5.41) is 0. The van der Waals surface area contributed by atoms with Crippen molar-refractivity contribution in [1.29, 1.82) is 0 Å². The molecule has 0 aliphatic carbocycles. The number of anilines is 1. The molecule has 2 aromatic rings. The first-order valence-corrected chi connectivity index (χ1v) is 6.30. The minimum Gasteiger partial charge on any atom is -0.324 e. The maximum atomic E-state index is 4.76. The smallest absolute Gasteiger partial charge is 0.135 e. The molecule has 0 amide bonds. The van der Waals surface area contributed by atoms with Crippen molar-refractivity contribution in [2.75, 3.05) is 11.4 Å². The third-order valence-corrected chi connectivity index (χ3v) is 3.14. The SMILES string of the molecule is CC1CN(c2ccccc2)C(c2ccccc2)=N1. The van der Waals surface area contributed by atoms with Crippen LogP contribution in [0.15, 0.2) is 65.7 Å².